The molecule has 7 heteroatoms. The van der Waals surface area contributed by atoms with Crippen LogP contribution in [0.2, 0.25) is 0 Å². The molecule has 1 aromatic rings. The molecule has 0 aliphatic carbocycles. The zero-order valence-corrected chi connectivity index (χ0v) is 12.0. The number of carboxylic acid groups (broad SMARTS) is 1. The van der Waals surface area contributed by atoms with Gasteiger partial charge in [0.15, 0.2) is 0 Å². The van der Waals surface area contributed by atoms with E-state index in [-0.39, 0.29) is 12.5 Å². The van der Waals surface area contributed by atoms with E-state index in [1.807, 2.05) is 4.90 Å². The molecular weight excluding hydrogens is 278 g/mol. The van der Waals surface area contributed by atoms with E-state index >= 15 is 0 Å². The Morgan fingerprint density at radius 2 is 2.35 bits per heavy atom. The number of nitrogens with zero attached hydrogens (tertiary/aromatic N) is 2. The number of carboxylic acids is 1. The van der Waals surface area contributed by atoms with Crippen molar-refractivity contribution in [3.63, 3.8) is 0 Å². The summed E-state index contributed by atoms with van der Waals surface area (Å²) in [5.41, 5.74) is 6.58. The van der Waals surface area contributed by atoms with Gasteiger partial charge in [-0.2, -0.15) is 11.8 Å². The van der Waals surface area contributed by atoms with E-state index in [1.165, 1.54) is 0 Å². The Labute approximate surface area is 121 Å². The second-order valence-electron chi connectivity index (χ2n) is 4.71. The summed E-state index contributed by atoms with van der Waals surface area (Å²) < 4.78 is 0. The fourth-order valence-electron chi connectivity index (χ4n) is 2.37. The fourth-order valence-corrected chi connectivity index (χ4v) is 3.43. The number of anilines is 1. The van der Waals surface area contributed by atoms with Crippen molar-refractivity contribution in [2.45, 2.75) is 19.4 Å². The van der Waals surface area contributed by atoms with Crippen LogP contribution in [0.4, 0.5) is 5.82 Å². The van der Waals surface area contributed by atoms with Gasteiger partial charge in [0.1, 0.15) is 5.82 Å². The van der Waals surface area contributed by atoms with E-state index in [0.717, 1.165) is 11.3 Å². The first-order valence-electron chi connectivity index (χ1n) is 6.32. The molecule has 1 amide bonds. The first kappa shape index (κ1) is 14.6. The number of hydrogen-bond acceptors (Lipinski definition) is 5. The van der Waals surface area contributed by atoms with Gasteiger partial charge >= 0.3 is 5.97 Å². The monoisotopic (exact) mass is 295 g/mol. The van der Waals surface area contributed by atoms with Gasteiger partial charge in [-0.3, -0.25) is 9.59 Å². The average Bonchev–Trinajstić information content (AvgIpc) is 2.38. The normalized spacial score (nSPS) is 18.9. The average molecular weight is 295 g/mol. The number of primary amides is 1. The van der Waals surface area contributed by atoms with Crippen LogP contribution in [0, 0.1) is 6.92 Å². The number of pyridine rings is 1. The van der Waals surface area contributed by atoms with Crippen molar-refractivity contribution in [1.29, 1.82) is 0 Å². The number of aliphatic carboxylic acids is 1. The van der Waals surface area contributed by atoms with Crippen LogP contribution in [0.3, 0.4) is 0 Å². The number of hydrogen-bond donors (Lipinski definition) is 2. The number of aromatic nitrogens is 1. The van der Waals surface area contributed by atoms with Gasteiger partial charge in [0.2, 0.25) is 0 Å². The van der Waals surface area contributed by atoms with Crippen LogP contribution in [-0.2, 0) is 4.79 Å². The molecule has 2 heterocycles. The predicted octanol–water partition coefficient (Wildman–Crippen LogP) is 0.885. The number of carbonyl (C=O) groups excluding carboxylic acids is 1. The van der Waals surface area contributed by atoms with E-state index in [4.69, 9.17) is 10.8 Å². The number of aryl methyl sites for hydroxylation is 1. The Morgan fingerprint density at radius 3 is 3.00 bits per heavy atom. The molecule has 108 valence electrons. The lowest BCUT2D eigenvalue weighted by Crippen LogP contribution is -2.45. The molecule has 6 nitrogen and oxygen atoms in total. The number of rotatable bonds is 4. The summed E-state index contributed by atoms with van der Waals surface area (Å²) >= 11 is 1.71. The van der Waals surface area contributed by atoms with Crippen LogP contribution in [-0.4, -0.2) is 46.1 Å². The summed E-state index contributed by atoms with van der Waals surface area (Å²) in [6.07, 6.45) is 1.65. The molecule has 1 saturated heterocycles. The van der Waals surface area contributed by atoms with Crippen molar-refractivity contribution < 1.29 is 14.7 Å². The molecular formula is C13H17N3O3S. The Kier molecular flexibility index (Phi) is 4.49. The number of amides is 1. The van der Waals surface area contributed by atoms with Crippen LogP contribution in [0.5, 0.6) is 0 Å². The Morgan fingerprint density at radius 1 is 1.60 bits per heavy atom. The van der Waals surface area contributed by atoms with Crippen LogP contribution < -0.4 is 10.6 Å². The highest BCUT2D eigenvalue weighted by Gasteiger charge is 2.29. The molecule has 1 unspecified atom stereocenters. The van der Waals surface area contributed by atoms with Crippen LogP contribution in [0.25, 0.3) is 0 Å². The lowest BCUT2D eigenvalue weighted by molar-refractivity contribution is -0.137. The SMILES string of the molecule is Cc1ccnc(N2CCSCC2CC(=O)O)c1C(N)=O. The minimum atomic E-state index is -0.851. The van der Waals surface area contributed by atoms with Gasteiger partial charge < -0.3 is 15.7 Å². The summed E-state index contributed by atoms with van der Waals surface area (Å²) in [6.45, 7) is 2.47. The van der Waals surface area contributed by atoms with E-state index < -0.39 is 11.9 Å². The molecule has 0 aromatic carbocycles. The van der Waals surface area contributed by atoms with Gasteiger partial charge in [0, 0.05) is 30.3 Å². The summed E-state index contributed by atoms with van der Waals surface area (Å²) in [5.74, 6) is 0.710. The lowest BCUT2D eigenvalue weighted by atomic mass is 10.1. The van der Waals surface area contributed by atoms with E-state index in [9.17, 15) is 9.59 Å². The van der Waals surface area contributed by atoms with E-state index in [1.54, 1.807) is 30.9 Å². The van der Waals surface area contributed by atoms with Crippen molar-refractivity contribution >= 4 is 29.5 Å². The zero-order chi connectivity index (χ0) is 14.7. The van der Waals surface area contributed by atoms with E-state index in [2.05, 4.69) is 4.98 Å². The molecule has 1 atom stereocenters. The molecule has 2 rings (SSSR count). The van der Waals surface area contributed by atoms with Gasteiger partial charge in [-0.15, -0.1) is 0 Å². The molecule has 1 aromatic heterocycles. The highest BCUT2D eigenvalue weighted by atomic mass is 32.2. The fraction of sp³-hybridized carbons (Fsp3) is 0.462. The third kappa shape index (κ3) is 3.04. The third-order valence-corrected chi connectivity index (χ3v) is 4.39. The smallest absolute Gasteiger partial charge is 0.305 e. The summed E-state index contributed by atoms with van der Waals surface area (Å²) in [5, 5.41) is 9.02. The second-order valence-corrected chi connectivity index (χ2v) is 5.86. The molecule has 0 bridgehead atoms. The Bertz CT molecular complexity index is 536. The van der Waals surface area contributed by atoms with Gasteiger partial charge in [0.25, 0.3) is 5.91 Å². The van der Waals surface area contributed by atoms with Crippen molar-refractivity contribution in [1.82, 2.24) is 4.98 Å². The molecule has 1 aliphatic heterocycles. The van der Waals surface area contributed by atoms with Gasteiger partial charge in [0.05, 0.1) is 12.0 Å². The summed E-state index contributed by atoms with van der Waals surface area (Å²) in [4.78, 5) is 28.8. The van der Waals surface area contributed by atoms with Crippen molar-refractivity contribution in [2.24, 2.45) is 5.73 Å². The zero-order valence-electron chi connectivity index (χ0n) is 11.2. The lowest BCUT2D eigenvalue weighted by Gasteiger charge is -2.36. The second kappa shape index (κ2) is 6.13. The maximum Gasteiger partial charge on any atom is 0.305 e. The third-order valence-electron chi connectivity index (χ3n) is 3.30. The van der Waals surface area contributed by atoms with Crippen LogP contribution in [0.1, 0.15) is 22.3 Å². The number of nitrogens with two attached hydrogens (primary N) is 1. The molecule has 1 aliphatic rings. The molecule has 0 radical (unpaired) electrons. The summed E-state index contributed by atoms with van der Waals surface area (Å²) in [7, 11) is 0. The quantitative estimate of drug-likeness (QED) is 0.856. The van der Waals surface area contributed by atoms with Crippen molar-refractivity contribution in [2.75, 3.05) is 23.0 Å². The Hall–Kier alpha value is -1.76. The maximum atomic E-state index is 11.6. The first-order valence-corrected chi connectivity index (χ1v) is 7.47. The Balaban J connectivity index is 2.39. The molecule has 0 saturated carbocycles. The van der Waals surface area contributed by atoms with Gasteiger partial charge in [-0.25, -0.2) is 4.98 Å². The van der Waals surface area contributed by atoms with Gasteiger partial charge in [-0.05, 0) is 18.6 Å². The van der Waals surface area contributed by atoms with Gasteiger partial charge in [-0.1, -0.05) is 0 Å². The van der Waals surface area contributed by atoms with E-state index in [0.29, 0.717) is 23.7 Å². The first-order chi connectivity index (χ1) is 9.50. The standard InChI is InChI=1S/C13H17N3O3S/c1-8-2-3-15-13(11(8)12(14)19)16-4-5-20-7-9(16)6-10(17)18/h2-3,9H,4-7H2,1H3,(H2,14,19)(H,17,18). The van der Waals surface area contributed by atoms with Crippen LogP contribution >= 0.6 is 11.8 Å². The maximum absolute atomic E-state index is 11.6. The van der Waals surface area contributed by atoms with Crippen molar-refractivity contribution in [3.8, 4) is 0 Å². The number of thioether (sulfide) groups is 1. The molecule has 1 fully saturated rings. The topological polar surface area (TPSA) is 96.5 Å². The predicted molar refractivity (Wildman–Crippen MR) is 78.2 cm³/mol. The largest absolute Gasteiger partial charge is 0.481 e. The highest BCUT2D eigenvalue weighted by molar-refractivity contribution is 7.99. The molecule has 0 spiro atoms. The highest BCUT2D eigenvalue weighted by Crippen LogP contribution is 2.28. The van der Waals surface area contributed by atoms with Crippen molar-refractivity contribution in [3.05, 3.63) is 23.4 Å². The minimum absolute atomic E-state index is 0.0286. The summed E-state index contributed by atoms with van der Waals surface area (Å²) in [6, 6.07) is 1.56. The molecule has 3 N–H and O–H groups in total. The van der Waals surface area contributed by atoms with Crippen LogP contribution in [0.15, 0.2) is 12.3 Å². The minimum Gasteiger partial charge on any atom is -0.481 e. The molecule has 20 heavy (non-hydrogen) atoms. The number of carbonyl (C=O) groups is 2.